The van der Waals surface area contributed by atoms with Crippen molar-refractivity contribution in [2.75, 3.05) is 20.2 Å². The minimum atomic E-state index is 0.760. The van der Waals surface area contributed by atoms with Crippen LogP contribution in [0.15, 0.2) is 36.4 Å². The molecule has 2 heterocycles. The molecule has 1 aromatic heterocycles. The molecule has 3 rings (SSSR count). The van der Waals surface area contributed by atoms with Crippen molar-refractivity contribution in [3.8, 4) is 5.88 Å². The highest BCUT2D eigenvalue weighted by Gasteiger charge is 2.12. The summed E-state index contributed by atoms with van der Waals surface area (Å²) in [5.41, 5.74) is 2.70. The Labute approximate surface area is 139 Å². The fraction of sp³-hybridized carbons (Fsp3) is 0.526. The third-order valence-corrected chi connectivity index (χ3v) is 4.37. The topological polar surface area (TPSA) is 30.3 Å². The van der Waals surface area contributed by atoms with E-state index in [2.05, 4.69) is 58.1 Å². The predicted molar refractivity (Wildman–Crippen MR) is 92.7 cm³/mol. The lowest BCUT2D eigenvalue weighted by Crippen LogP contribution is -2.19. The average Bonchev–Trinajstić information content (AvgIpc) is 2.98. The van der Waals surface area contributed by atoms with Crippen LogP contribution in [0.4, 0.5) is 0 Å². The second kappa shape index (κ2) is 8.16. The Kier molecular flexibility index (Phi) is 5.70. The number of fused-ring (bicyclic) bond motifs is 1. The van der Waals surface area contributed by atoms with Gasteiger partial charge in [0.15, 0.2) is 0 Å². The number of rotatable bonds is 8. The van der Waals surface area contributed by atoms with E-state index in [1.54, 1.807) is 0 Å². The van der Waals surface area contributed by atoms with E-state index in [9.17, 15) is 0 Å². The Morgan fingerprint density at radius 3 is 2.87 bits per heavy atom. The first-order valence-corrected chi connectivity index (χ1v) is 8.73. The van der Waals surface area contributed by atoms with Gasteiger partial charge in [-0.25, -0.2) is 0 Å². The van der Waals surface area contributed by atoms with Gasteiger partial charge in [-0.05, 0) is 51.3 Å². The SMILES string of the molecule is CN(CCCCOc1cc2n(n1)CCCC2)Cc1ccccc1. The molecule has 1 aromatic carbocycles. The number of ether oxygens (including phenoxy) is 1. The summed E-state index contributed by atoms with van der Waals surface area (Å²) >= 11 is 0. The van der Waals surface area contributed by atoms with E-state index < -0.39 is 0 Å². The smallest absolute Gasteiger partial charge is 0.232 e. The third-order valence-electron chi connectivity index (χ3n) is 4.37. The summed E-state index contributed by atoms with van der Waals surface area (Å²) in [5.74, 6) is 0.805. The molecule has 2 aromatic rings. The molecular weight excluding hydrogens is 286 g/mol. The van der Waals surface area contributed by atoms with Crippen LogP contribution >= 0.6 is 0 Å². The maximum absolute atomic E-state index is 5.81. The molecule has 0 fully saturated rings. The van der Waals surface area contributed by atoms with Crippen LogP contribution in [0.25, 0.3) is 0 Å². The summed E-state index contributed by atoms with van der Waals surface area (Å²) in [6.45, 7) is 3.91. The molecule has 0 saturated carbocycles. The number of benzene rings is 1. The summed E-state index contributed by atoms with van der Waals surface area (Å²) in [4.78, 5) is 2.37. The van der Waals surface area contributed by atoms with Gasteiger partial charge >= 0.3 is 0 Å². The molecule has 0 amide bonds. The molecule has 0 radical (unpaired) electrons. The molecule has 124 valence electrons. The second-order valence-electron chi connectivity index (χ2n) is 6.43. The molecule has 4 heteroatoms. The Balaban J connectivity index is 1.31. The molecular formula is C19H27N3O. The van der Waals surface area contributed by atoms with Crippen LogP contribution in [0.3, 0.4) is 0 Å². The van der Waals surface area contributed by atoms with E-state index in [1.165, 1.54) is 24.1 Å². The van der Waals surface area contributed by atoms with Gasteiger partial charge in [-0.15, -0.1) is 5.10 Å². The van der Waals surface area contributed by atoms with Gasteiger partial charge in [0.05, 0.1) is 6.61 Å². The Morgan fingerprint density at radius 2 is 2.04 bits per heavy atom. The summed E-state index contributed by atoms with van der Waals surface area (Å²) in [6, 6.07) is 12.7. The van der Waals surface area contributed by atoms with Crippen molar-refractivity contribution in [3.05, 3.63) is 47.7 Å². The first-order chi connectivity index (χ1) is 11.3. The lowest BCUT2D eigenvalue weighted by molar-refractivity contribution is 0.267. The summed E-state index contributed by atoms with van der Waals surface area (Å²) in [5, 5.41) is 4.52. The molecule has 0 spiro atoms. The molecule has 4 nitrogen and oxygen atoms in total. The number of hydrogen-bond acceptors (Lipinski definition) is 3. The minimum Gasteiger partial charge on any atom is -0.477 e. The van der Waals surface area contributed by atoms with Gasteiger partial charge in [0.1, 0.15) is 0 Å². The number of nitrogens with zero attached hydrogens (tertiary/aromatic N) is 3. The normalized spacial score (nSPS) is 14.0. The Hall–Kier alpha value is -1.81. The summed E-state index contributed by atoms with van der Waals surface area (Å²) in [7, 11) is 2.18. The maximum atomic E-state index is 5.81. The molecule has 0 aliphatic carbocycles. The highest BCUT2D eigenvalue weighted by atomic mass is 16.5. The third kappa shape index (κ3) is 4.83. The average molecular weight is 313 g/mol. The van der Waals surface area contributed by atoms with Crippen molar-refractivity contribution in [2.45, 2.75) is 45.2 Å². The van der Waals surface area contributed by atoms with Crippen molar-refractivity contribution in [1.29, 1.82) is 0 Å². The lowest BCUT2D eigenvalue weighted by Gasteiger charge is -2.16. The molecule has 0 N–H and O–H groups in total. The van der Waals surface area contributed by atoms with Crippen molar-refractivity contribution in [3.63, 3.8) is 0 Å². The minimum absolute atomic E-state index is 0.760. The fourth-order valence-corrected chi connectivity index (χ4v) is 3.10. The van der Waals surface area contributed by atoms with Gasteiger partial charge < -0.3 is 9.64 Å². The van der Waals surface area contributed by atoms with Crippen LogP contribution in [0, 0.1) is 0 Å². The molecule has 0 saturated heterocycles. The molecule has 1 aliphatic heterocycles. The largest absolute Gasteiger partial charge is 0.477 e. The van der Waals surface area contributed by atoms with Gasteiger partial charge in [0.25, 0.3) is 0 Å². The van der Waals surface area contributed by atoms with Gasteiger partial charge in [-0.1, -0.05) is 30.3 Å². The van der Waals surface area contributed by atoms with Crippen LogP contribution in [0.1, 0.15) is 36.9 Å². The van der Waals surface area contributed by atoms with E-state index in [-0.39, 0.29) is 0 Å². The van der Waals surface area contributed by atoms with Gasteiger partial charge in [-0.3, -0.25) is 4.68 Å². The van der Waals surface area contributed by atoms with Crippen molar-refractivity contribution in [2.24, 2.45) is 0 Å². The fourth-order valence-electron chi connectivity index (χ4n) is 3.10. The Morgan fingerprint density at radius 1 is 1.17 bits per heavy atom. The van der Waals surface area contributed by atoms with E-state index in [4.69, 9.17) is 4.74 Å². The quantitative estimate of drug-likeness (QED) is 0.699. The van der Waals surface area contributed by atoms with Gasteiger partial charge in [0.2, 0.25) is 5.88 Å². The van der Waals surface area contributed by atoms with Crippen LogP contribution in [-0.2, 0) is 19.5 Å². The zero-order valence-corrected chi connectivity index (χ0v) is 14.1. The standard InChI is InChI=1S/C19H27N3O/c1-21(16-17-9-3-2-4-10-17)12-7-8-14-23-19-15-18-11-5-6-13-22(18)20-19/h2-4,9-10,15H,5-8,11-14,16H2,1H3. The van der Waals surface area contributed by atoms with E-state index in [0.29, 0.717) is 0 Å². The summed E-state index contributed by atoms with van der Waals surface area (Å²) in [6.07, 6.45) is 5.87. The van der Waals surface area contributed by atoms with Crippen molar-refractivity contribution < 1.29 is 4.74 Å². The monoisotopic (exact) mass is 313 g/mol. The van der Waals surface area contributed by atoms with Gasteiger partial charge in [-0.2, -0.15) is 0 Å². The van der Waals surface area contributed by atoms with E-state index in [1.807, 2.05) is 0 Å². The first-order valence-electron chi connectivity index (χ1n) is 8.73. The van der Waals surface area contributed by atoms with Crippen molar-refractivity contribution in [1.82, 2.24) is 14.7 Å². The molecule has 0 unspecified atom stereocenters. The van der Waals surface area contributed by atoms with E-state index >= 15 is 0 Å². The highest BCUT2D eigenvalue weighted by Crippen LogP contribution is 2.19. The van der Waals surface area contributed by atoms with Crippen molar-refractivity contribution >= 4 is 0 Å². The number of hydrogen-bond donors (Lipinski definition) is 0. The van der Waals surface area contributed by atoms with E-state index in [0.717, 1.165) is 51.4 Å². The highest BCUT2D eigenvalue weighted by molar-refractivity contribution is 5.17. The zero-order chi connectivity index (χ0) is 15.9. The number of aryl methyl sites for hydroxylation is 2. The van der Waals surface area contributed by atoms with Crippen LogP contribution < -0.4 is 4.74 Å². The van der Waals surface area contributed by atoms with Gasteiger partial charge in [0, 0.05) is 24.8 Å². The first kappa shape index (κ1) is 16.1. The molecule has 0 atom stereocenters. The van der Waals surface area contributed by atoms with Crippen LogP contribution in [0.5, 0.6) is 5.88 Å². The van der Waals surface area contributed by atoms with Crippen LogP contribution in [0.2, 0.25) is 0 Å². The summed E-state index contributed by atoms with van der Waals surface area (Å²) < 4.78 is 7.91. The Bertz CT molecular complexity index is 570. The maximum Gasteiger partial charge on any atom is 0.232 e. The predicted octanol–water partition coefficient (Wildman–Crippen LogP) is 3.51. The number of aromatic nitrogens is 2. The molecule has 1 aliphatic rings. The molecule has 0 bridgehead atoms. The lowest BCUT2D eigenvalue weighted by atomic mass is 10.1. The molecule has 23 heavy (non-hydrogen) atoms. The zero-order valence-electron chi connectivity index (χ0n) is 14.1. The second-order valence-corrected chi connectivity index (χ2v) is 6.43. The number of unbranched alkanes of at least 4 members (excludes halogenated alkanes) is 1. The van der Waals surface area contributed by atoms with Crippen LogP contribution in [-0.4, -0.2) is 34.9 Å².